The summed E-state index contributed by atoms with van der Waals surface area (Å²) in [5.41, 5.74) is 0.872. The minimum Gasteiger partial charge on any atom is -0.397 e. The van der Waals surface area contributed by atoms with Crippen molar-refractivity contribution in [3.05, 3.63) is 76.0 Å². The molecule has 0 atom stereocenters. The quantitative estimate of drug-likeness (QED) is 0.414. The molecule has 104 valence electrons. The molecular formula is C16H11NO4. The maximum Gasteiger partial charge on any atom is 0.433 e. The van der Waals surface area contributed by atoms with E-state index in [0.717, 1.165) is 16.3 Å². The lowest BCUT2D eigenvalue weighted by atomic mass is 10.00. The Bertz CT molecular complexity index is 830. The topological polar surface area (TPSA) is 73.3 Å². The first-order valence-corrected chi connectivity index (χ1v) is 6.39. The van der Waals surface area contributed by atoms with Crippen LogP contribution in [0.25, 0.3) is 10.8 Å². The standard InChI is InChI=1S/C16H11NO4/c18-14(15-8-9-16(21-15)17(19)20)10-12-6-3-5-11-4-1-2-7-13(11)12/h1-9H,10H2. The van der Waals surface area contributed by atoms with Gasteiger partial charge in [0.1, 0.15) is 4.92 Å². The number of nitro groups is 1. The molecule has 5 nitrogen and oxygen atoms in total. The summed E-state index contributed by atoms with van der Waals surface area (Å²) >= 11 is 0. The van der Waals surface area contributed by atoms with Gasteiger partial charge in [-0.1, -0.05) is 42.5 Å². The highest BCUT2D eigenvalue weighted by Gasteiger charge is 2.18. The third-order valence-corrected chi connectivity index (χ3v) is 3.28. The summed E-state index contributed by atoms with van der Waals surface area (Å²) < 4.78 is 4.94. The Hall–Kier alpha value is -2.95. The third-order valence-electron chi connectivity index (χ3n) is 3.28. The van der Waals surface area contributed by atoms with Crippen LogP contribution in [-0.4, -0.2) is 10.7 Å². The van der Waals surface area contributed by atoms with Gasteiger partial charge in [-0.25, -0.2) is 0 Å². The molecule has 0 fully saturated rings. The van der Waals surface area contributed by atoms with Crippen molar-refractivity contribution in [3.63, 3.8) is 0 Å². The molecule has 0 amide bonds. The van der Waals surface area contributed by atoms with E-state index in [1.165, 1.54) is 12.1 Å². The van der Waals surface area contributed by atoms with E-state index in [9.17, 15) is 14.9 Å². The number of fused-ring (bicyclic) bond motifs is 1. The van der Waals surface area contributed by atoms with E-state index in [-0.39, 0.29) is 18.0 Å². The molecule has 2 aromatic carbocycles. The molecule has 0 bridgehead atoms. The lowest BCUT2D eigenvalue weighted by Crippen LogP contribution is -2.02. The average molecular weight is 281 g/mol. The first-order valence-electron chi connectivity index (χ1n) is 6.39. The Morgan fingerprint density at radius 1 is 1.05 bits per heavy atom. The Morgan fingerprint density at radius 2 is 1.81 bits per heavy atom. The molecule has 5 heteroatoms. The van der Waals surface area contributed by atoms with Crippen molar-refractivity contribution in [1.29, 1.82) is 0 Å². The van der Waals surface area contributed by atoms with Crippen LogP contribution in [0.15, 0.2) is 59.0 Å². The van der Waals surface area contributed by atoms with Crippen LogP contribution in [0.5, 0.6) is 0 Å². The van der Waals surface area contributed by atoms with Gasteiger partial charge < -0.3 is 4.42 Å². The summed E-state index contributed by atoms with van der Waals surface area (Å²) in [7, 11) is 0. The molecule has 1 aromatic heterocycles. The van der Waals surface area contributed by atoms with Crippen molar-refractivity contribution in [2.24, 2.45) is 0 Å². The molecule has 0 N–H and O–H groups in total. The molecule has 0 aliphatic rings. The maximum atomic E-state index is 12.2. The minimum absolute atomic E-state index is 0.00892. The number of nitrogens with zero attached hydrogens (tertiary/aromatic N) is 1. The molecule has 0 aliphatic heterocycles. The molecule has 1 heterocycles. The van der Waals surface area contributed by atoms with E-state index in [0.29, 0.717) is 0 Å². The number of benzene rings is 2. The smallest absolute Gasteiger partial charge is 0.397 e. The highest BCUT2D eigenvalue weighted by atomic mass is 16.6. The summed E-state index contributed by atoms with van der Waals surface area (Å²) in [5, 5.41) is 12.6. The van der Waals surface area contributed by atoms with E-state index in [2.05, 4.69) is 0 Å². The second kappa shape index (κ2) is 5.20. The van der Waals surface area contributed by atoms with Gasteiger partial charge in [0.15, 0.2) is 5.76 Å². The van der Waals surface area contributed by atoms with Crippen molar-refractivity contribution in [1.82, 2.24) is 0 Å². The Balaban J connectivity index is 1.91. The van der Waals surface area contributed by atoms with Crippen LogP contribution in [-0.2, 0) is 6.42 Å². The molecule has 3 aromatic rings. The molecule has 0 unspecified atom stereocenters. The lowest BCUT2D eigenvalue weighted by Gasteiger charge is -2.04. The number of rotatable bonds is 4. The molecular weight excluding hydrogens is 270 g/mol. The number of furan rings is 1. The number of hydrogen-bond donors (Lipinski definition) is 0. The van der Waals surface area contributed by atoms with Gasteiger partial charge in [-0.15, -0.1) is 0 Å². The molecule has 0 radical (unpaired) electrons. The van der Waals surface area contributed by atoms with Crippen LogP contribution in [0, 0.1) is 10.1 Å². The normalized spacial score (nSPS) is 10.7. The molecule has 0 aliphatic carbocycles. The molecule has 0 spiro atoms. The second-order valence-corrected chi connectivity index (χ2v) is 4.63. The molecule has 0 saturated carbocycles. The van der Waals surface area contributed by atoms with E-state index >= 15 is 0 Å². The van der Waals surface area contributed by atoms with Gasteiger partial charge in [0, 0.05) is 6.42 Å². The number of carbonyl (C=O) groups excluding carboxylic acids is 1. The third kappa shape index (κ3) is 2.53. The highest BCUT2D eigenvalue weighted by Crippen LogP contribution is 2.22. The van der Waals surface area contributed by atoms with Gasteiger partial charge >= 0.3 is 5.88 Å². The molecule has 21 heavy (non-hydrogen) atoms. The van der Waals surface area contributed by atoms with Crippen molar-refractivity contribution < 1.29 is 14.1 Å². The van der Waals surface area contributed by atoms with Crippen LogP contribution in [0.4, 0.5) is 5.88 Å². The van der Waals surface area contributed by atoms with Crippen molar-refractivity contribution >= 4 is 22.4 Å². The van der Waals surface area contributed by atoms with Crippen molar-refractivity contribution in [3.8, 4) is 0 Å². The van der Waals surface area contributed by atoms with E-state index < -0.39 is 10.8 Å². The van der Waals surface area contributed by atoms with Gasteiger partial charge in [-0.2, -0.15) is 0 Å². The van der Waals surface area contributed by atoms with Crippen molar-refractivity contribution in [2.75, 3.05) is 0 Å². The van der Waals surface area contributed by atoms with Crippen LogP contribution in [0.2, 0.25) is 0 Å². The monoisotopic (exact) mass is 281 g/mol. The SMILES string of the molecule is O=C(Cc1cccc2ccccc12)c1ccc([N+](=O)[O-])o1. The van der Waals surface area contributed by atoms with Crippen LogP contribution < -0.4 is 0 Å². The summed E-state index contributed by atoms with van der Waals surface area (Å²) in [6.45, 7) is 0. The highest BCUT2D eigenvalue weighted by molar-refractivity contribution is 5.98. The fourth-order valence-electron chi connectivity index (χ4n) is 2.28. The molecule has 3 rings (SSSR count). The lowest BCUT2D eigenvalue weighted by molar-refractivity contribution is -0.402. The van der Waals surface area contributed by atoms with E-state index in [1.807, 2.05) is 42.5 Å². The van der Waals surface area contributed by atoms with E-state index in [1.54, 1.807) is 0 Å². The van der Waals surface area contributed by atoms with Gasteiger partial charge in [0.2, 0.25) is 5.78 Å². The van der Waals surface area contributed by atoms with Gasteiger partial charge in [-0.3, -0.25) is 14.9 Å². The first kappa shape index (κ1) is 13.1. The zero-order valence-corrected chi connectivity index (χ0v) is 11.0. The summed E-state index contributed by atoms with van der Waals surface area (Å²) in [4.78, 5) is 22.1. The average Bonchev–Trinajstić information content (AvgIpc) is 2.98. The van der Waals surface area contributed by atoms with Gasteiger partial charge in [-0.05, 0) is 22.4 Å². The van der Waals surface area contributed by atoms with Crippen molar-refractivity contribution in [2.45, 2.75) is 6.42 Å². The number of hydrogen-bond acceptors (Lipinski definition) is 4. The zero-order valence-electron chi connectivity index (χ0n) is 11.0. The molecule has 0 saturated heterocycles. The number of carbonyl (C=O) groups is 1. The number of Topliss-reactive ketones (excluding diaryl/α,β-unsaturated/α-hetero) is 1. The zero-order chi connectivity index (χ0) is 14.8. The van der Waals surface area contributed by atoms with Gasteiger partial charge in [0.05, 0.1) is 6.07 Å². The minimum atomic E-state index is -0.658. The Labute approximate surface area is 120 Å². The van der Waals surface area contributed by atoms with Crippen LogP contribution >= 0.6 is 0 Å². The predicted octanol–water partition coefficient (Wildman–Crippen LogP) is 3.77. The van der Waals surface area contributed by atoms with E-state index in [4.69, 9.17) is 4.42 Å². The maximum absolute atomic E-state index is 12.2. The van der Waals surface area contributed by atoms with Crippen LogP contribution in [0.1, 0.15) is 16.1 Å². The Kier molecular flexibility index (Phi) is 3.23. The predicted molar refractivity (Wildman–Crippen MR) is 77.3 cm³/mol. The fourth-order valence-corrected chi connectivity index (χ4v) is 2.28. The summed E-state index contributed by atoms with van der Waals surface area (Å²) in [5.74, 6) is -0.689. The summed E-state index contributed by atoms with van der Waals surface area (Å²) in [6, 6.07) is 16.0. The second-order valence-electron chi connectivity index (χ2n) is 4.63. The summed E-state index contributed by atoms with van der Waals surface area (Å²) in [6.07, 6.45) is 0.145. The number of ketones is 1. The first-order chi connectivity index (χ1) is 10.1. The van der Waals surface area contributed by atoms with Crippen LogP contribution in [0.3, 0.4) is 0 Å². The fraction of sp³-hybridized carbons (Fsp3) is 0.0625. The Morgan fingerprint density at radius 3 is 2.57 bits per heavy atom. The largest absolute Gasteiger partial charge is 0.433 e. The van der Waals surface area contributed by atoms with Gasteiger partial charge in [0.25, 0.3) is 0 Å².